The molecule has 8 heteroatoms. The number of amides is 4. The minimum atomic E-state index is -0.307. The Kier molecular flexibility index (Phi) is 4.69. The number of fused-ring (bicyclic) bond motifs is 4. The molecule has 8 nitrogen and oxygen atoms in total. The maximum atomic E-state index is 12.5. The van der Waals surface area contributed by atoms with Crippen LogP contribution in [-0.2, 0) is 9.59 Å². The van der Waals surface area contributed by atoms with Gasteiger partial charge < -0.3 is 15.5 Å². The number of hydrogen-bond acceptors (Lipinski definition) is 5. The molecule has 2 aromatic rings. The molecular formula is C23H22N4O4. The van der Waals surface area contributed by atoms with Crippen molar-refractivity contribution in [2.45, 2.75) is 31.3 Å². The van der Waals surface area contributed by atoms with Crippen molar-refractivity contribution in [3.8, 4) is 0 Å². The van der Waals surface area contributed by atoms with Crippen LogP contribution in [0.1, 0.15) is 40.0 Å². The van der Waals surface area contributed by atoms with Crippen LogP contribution in [0.2, 0.25) is 0 Å². The van der Waals surface area contributed by atoms with Crippen molar-refractivity contribution < 1.29 is 19.2 Å². The first-order valence-corrected chi connectivity index (χ1v) is 10.4. The molecule has 0 saturated carbocycles. The van der Waals surface area contributed by atoms with Crippen LogP contribution in [-0.4, -0.2) is 53.7 Å². The van der Waals surface area contributed by atoms with Crippen molar-refractivity contribution in [3.63, 3.8) is 0 Å². The second-order valence-electron chi connectivity index (χ2n) is 8.09. The summed E-state index contributed by atoms with van der Waals surface area (Å²) in [6.45, 7) is 0.772. The summed E-state index contributed by atoms with van der Waals surface area (Å²) in [5.41, 5.74) is 2.59. The van der Waals surface area contributed by atoms with E-state index in [1.807, 2.05) is 29.2 Å². The number of nitrogens with one attached hydrogen (secondary N) is 2. The second-order valence-corrected chi connectivity index (χ2v) is 8.09. The summed E-state index contributed by atoms with van der Waals surface area (Å²) in [7, 11) is 0. The number of carbonyl (C=O) groups is 4. The van der Waals surface area contributed by atoms with E-state index in [1.165, 1.54) is 4.90 Å². The first kappa shape index (κ1) is 19.3. The summed E-state index contributed by atoms with van der Waals surface area (Å²) < 4.78 is 0. The predicted octanol–water partition coefficient (Wildman–Crippen LogP) is 1.78. The number of rotatable bonds is 5. The van der Waals surface area contributed by atoms with Crippen molar-refractivity contribution in [2.75, 3.05) is 23.3 Å². The SMILES string of the molecule is O=C(CCCN1C(=O)c2ccccc2C1=O)NC1CC2C(=O)Nc3ccccc3N2C1. The lowest BCUT2D eigenvalue weighted by molar-refractivity contribution is -0.122. The highest BCUT2D eigenvalue weighted by atomic mass is 16.2. The summed E-state index contributed by atoms with van der Waals surface area (Å²) in [6, 6.07) is 14.0. The standard InChI is InChI=1S/C23H22N4O4/c28-20(10-5-11-26-22(30)15-6-1-2-7-16(15)23(26)31)24-14-12-19-21(29)25-17-8-3-4-9-18(17)27(19)13-14/h1-4,6-9,14,19H,5,10-13H2,(H,24,28)(H,25,29). The van der Waals surface area contributed by atoms with Gasteiger partial charge in [0.05, 0.1) is 22.5 Å². The molecule has 0 spiro atoms. The highest BCUT2D eigenvalue weighted by Crippen LogP contribution is 2.36. The molecule has 4 amide bonds. The number of carbonyl (C=O) groups excluding carboxylic acids is 4. The van der Waals surface area contributed by atoms with Gasteiger partial charge in [0.15, 0.2) is 0 Å². The number of hydrogen-bond donors (Lipinski definition) is 2. The molecule has 3 aliphatic heterocycles. The third-order valence-electron chi connectivity index (χ3n) is 6.10. The average Bonchev–Trinajstić information content (AvgIpc) is 3.29. The van der Waals surface area contributed by atoms with E-state index in [0.29, 0.717) is 30.5 Å². The van der Waals surface area contributed by atoms with Crippen molar-refractivity contribution in [1.29, 1.82) is 0 Å². The normalized spacial score (nSPS) is 21.5. The maximum Gasteiger partial charge on any atom is 0.261 e. The summed E-state index contributed by atoms with van der Waals surface area (Å²) in [4.78, 5) is 52.9. The lowest BCUT2D eigenvalue weighted by atomic mass is 10.1. The highest BCUT2D eigenvalue weighted by molar-refractivity contribution is 6.21. The Morgan fingerprint density at radius 1 is 1.00 bits per heavy atom. The monoisotopic (exact) mass is 418 g/mol. The molecule has 5 rings (SSSR count). The molecule has 2 aromatic carbocycles. The molecule has 0 aliphatic carbocycles. The Morgan fingerprint density at radius 2 is 1.68 bits per heavy atom. The lowest BCUT2D eigenvalue weighted by Gasteiger charge is -2.32. The Morgan fingerprint density at radius 3 is 2.42 bits per heavy atom. The largest absolute Gasteiger partial charge is 0.356 e. The van der Waals surface area contributed by atoms with Crippen LogP contribution in [0, 0.1) is 0 Å². The van der Waals surface area contributed by atoms with E-state index >= 15 is 0 Å². The van der Waals surface area contributed by atoms with Crippen LogP contribution in [0.5, 0.6) is 0 Å². The minimum Gasteiger partial charge on any atom is -0.356 e. The Hall–Kier alpha value is -3.68. The molecule has 158 valence electrons. The fourth-order valence-corrected chi connectivity index (χ4v) is 4.64. The van der Waals surface area contributed by atoms with Crippen LogP contribution in [0.25, 0.3) is 0 Å². The van der Waals surface area contributed by atoms with Crippen molar-refractivity contribution in [3.05, 3.63) is 59.7 Å². The molecule has 3 heterocycles. The van der Waals surface area contributed by atoms with Gasteiger partial charge in [-0.05, 0) is 37.1 Å². The van der Waals surface area contributed by atoms with Gasteiger partial charge in [-0.2, -0.15) is 0 Å². The average molecular weight is 418 g/mol. The van der Waals surface area contributed by atoms with Gasteiger partial charge in [0, 0.05) is 25.6 Å². The smallest absolute Gasteiger partial charge is 0.261 e. The van der Waals surface area contributed by atoms with E-state index in [2.05, 4.69) is 10.6 Å². The number of anilines is 2. The predicted molar refractivity (Wildman–Crippen MR) is 114 cm³/mol. The van der Waals surface area contributed by atoms with E-state index in [4.69, 9.17) is 0 Å². The third kappa shape index (κ3) is 3.34. The molecule has 1 saturated heterocycles. The molecule has 2 N–H and O–H groups in total. The highest BCUT2D eigenvalue weighted by Gasteiger charge is 2.41. The number of para-hydroxylation sites is 2. The minimum absolute atomic E-state index is 0.0546. The zero-order valence-corrected chi connectivity index (χ0v) is 16.8. The van der Waals surface area contributed by atoms with E-state index in [9.17, 15) is 19.2 Å². The third-order valence-corrected chi connectivity index (χ3v) is 6.10. The molecule has 1 fully saturated rings. The molecule has 31 heavy (non-hydrogen) atoms. The fraction of sp³-hybridized carbons (Fsp3) is 0.304. The van der Waals surface area contributed by atoms with Gasteiger partial charge in [-0.3, -0.25) is 24.1 Å². The zero-order valence-electron chi connectivity index (χ0n) is 16.8. The Labute approximate surface area is 179 Å². The van der Waals surface area contributed by atoms with Gasteiger partial charge in [0.1, 0.15) is 6.04 Å². The molecule has 3 aliphatic rings. The Balaban J connectivity index is 1.15. The first-order chi connectivity index (χ1) is 15.0. The van der Waals surface area contributed by atoms with Crippen molar-refractivity contribution >= 4 is 35.0 Å². The summed E-state index contributed by atoms with van der Waals surface area (Å²) in [6.07, 6.45) is 1.14. The van der Waals surface area contributed by atoms with E-state index < -0.39 is 0 Å². The van der Waals surface area contributed by atoms with E-state index in [0.717, 1.165) is 11.4 Å². The van der Waals surface area contributed by atoms with Crippen molar-refractivity contribution in [2.24, 2.45) is 0 Å². The van der Waals surface area contributed by atoms with Crippen LogP contribution in [0.4, 0.5) is 11.4 Å². The zero-order chi connectivity index (χ0) is 21.5. The quantitative estimate of drug-likeness (QED) is 0.722. The van der Waals surface area contributed by atoms with Crippen LogP contribution < -0.4 is 15.5 Å². The molecule has 0 radical (unpaired) electrons. The first-order valence-electron chi connectivity index (χ1n) is 10.4. The van der Waals surface area contributed by atoms with Crippen molar-refractivity contribution in [1.82, 2.24) is 10.2 Å². The van der Waals surface area contributed by atoms with Gasteiger partial charge in [-0.1, -0.05) is 24.3 Å². The van der Waals surface area contributed by atoms with Crippen LogP contribution in [0.3, 0.4) is 0 Å². The van der Waals surface area contributed by atoms with E-state index in [1.54, 1.807) is 24.3 Å². The maximum absolute atomic E-state index is 12.5. The summed E-state index contributed by atoms with van der Waals surface area (Å²) in [5, 5.41) is 5.93. The lowest BCUT2D eigenvalue weighted by Crippen LogP contribution is -2.44. The molecule has 0 aromatic heterocycles. The Bertz CT molecular complexity index is 1060. The van der Waals surface area contributed by atoms with Crippen LogP contribution >= 0.6 is 0 Å². The molecule has 2 atom stereocenters. The van der Waals surface area contributed by atoms with Gasteiger partial charge in [-0.15, -0.1) is 0 Å². The summed E-state index contributed by atoms with van der Waals surface area (Å²) in [5.74, 6) is -0.812. The van der Waals surface area contributed by atoms with Gasteiger partial charge in [0.25, 0.3) is 11.8 Å². The summed E-state index contributed by atoms with van der Waals surface area (Å²) >= 11 is 0. The van der Waals surface area contributed by atoms with E-state index in [-0.39, 0.29) is 48.7 Å². The topological polar surface area (TPSA) is 98.8 Å². The fourth-order valence-electron chi connectivity index (χ4n) is 4.64. The van der Waals surface area contributed by atoms with Gasteiger partial charge >= 0.3 is 0 Å². The van der Waals surface area contributed by atoms with Crippen LogP contribution in [0.15, 0.2) is 48.5 Å². The van der Waals surface area contributed by atoms with Gasteiger partial charge in [0.2, 0.25) is 11.8 Å². The number of imide groups is 1. The molecule has 2 unspecified atom stereocenters. The number of benzene rings is 2. The number of nitrogens with zero attached hydrogens (tertiary/aromatic N) is 2. The molecular weight excluding hydrogens is 396 g/mol. The molecule has 0 bridgehead atoms. The van der Waals surface area contributed by atoms with Gasteiger partial charge in [-0.25, -0.2) is 0 Å². The second kappa shape index (κ2) is 7.54.